The minimum Gasteiger partial charge on any atom is -0.309 e. The van der Waals surface area contributed by atoms with E-state index in [4.69, 9.17) is 4.98 Å². The monoisotopic (exact) mass is 462 g/mol. The lowest BCUT2D eigenvalue weighted by Gasteiger charge is -2.42. The maximum absolute atomic E-state index is 13.6. The van der Waals surface area contributed by atoms with Crippen LogP contribution in [-0.2, 0) is 17.8 Å². The third-order valence-electron chi connectivity index (χ3n) is 6.93. The van der Waals surface area contributed by atoms with Gasteiger partial charge in [0.1, 0.15) is 10.5 Å². The van der Waals surface area contributed by atoms with E-state index in [1.165, 1.54) is 15.2 Å². The molecule has 1 spiro atoms. The Morgan fingerprint density at radius 1 is 1.00 bits per heavy atom. The quantitative estimate of drug-likeness (QED) is 0.505. The number of amides is 3. The van der Waals surface area contributed by atoms with Gasteiger partial charge in [0.25, 0.3) is 5.91 Å². The first-order chi connectivity index (χ1) is 16.0. The molecule has 2 aromatic carbocycles. The predicted octanol–water partition coefficient (Wildman–Crippen LogP) is 4.55. The molecular formula is C26H30N4O2S. The lowest BCUT2D eigenvalue weighted by molar-refractivity contribution is -0.136. The van der Waals surface area contributed by atoms with Crippen LogP contribution in [0.3, 0.4) is 0 Å². The number of urea groups is 1. The van der Waals surface area contributed by atoms with E-state index in [0.29, 0.717) is 19.4 Å². The number of rotatable bonds is 6. The summed E-state index contributed by atoms with van der Waals surface area (Å²) in [5.41, 5.74) is 1.51. The lowest BCUT2D eigenvalue weighted by Crippen LogP contribution is -2.56. The molecule has 3 heterocycles. The SMILES string of the molecule is CC(C)N1C(=O)N(CCc2ccccc2)C2(CCN(Cc3nc4ccccc4s3)CC2)C1=O. The molecule has 2 fully saturated rings. The number of carbonyl (C=O) groups excluding carboxylic acids is 2. The number of fused-ring (bicyclic) bond motifs is 1. The van der Waals surface area contributed by atoms with Crippen molar-refractivity contribution in [3.63, 3.8) is 0 Å². The molecule has 0 N–H and O–H groups in total. The van der Waals surface area contributed by atoms with Gasteiger partial charge in [0, 0.05) is 25.7 Å². The molecule has 0 unspecified atom stereocenters. The third-order valence-corrected chi connectivity index (χ3v) is 7.96. The van der Waals surface area contributed by atoms with Gasteiger partial charge in [-0.1, -0.05) is 42.5 Å². The number of imide groups is 1. The first-order valence-corrected chi connectivity index (χ1v) is 12.6. The maximum Gasteiger partial charge on any atom is 0.327 e. The van der Waals surface area contributed by atoms with Gasteiger partial charge in [-0.2, -0.15) is 0 Å². The zero-order valence-electron chi connectivity index (χ0n) is 19.2. The van der Waals surface area contributed by atoms with Gasteiger partial charge < -0.3 is 4.90 Å². The first-order valence-electron chi connectivity index (χ1n) is 11.7. The molecule has 7 heteroatoms. The van der Waals surface area contributed by atoms with Crippen molar-refractivity contribution in [3.05, 3.63) is 65.2 Å². The fourth-order valence-corrected chi connectivity index (χ4v) is 6.14. The number of hydrogen-bond acceptors (Lipinski definition) is 5. The molecule has 0 bridgehead atoms. The Hall–Kier alpha value is -2.77. The molecule has 3 aromatic rings. The van der Waals surface area contributed by atoms with E-state index in [1.807, 2.05) is 49.1 Å². The van der Waals surface area contributed by atoms with Crippen molar-refractivity contribution < 1.29 is 9.59 Å². The summed E-state index contributed by atoms with van der Waals surface area (Å²) < 4.78 is 1.21. The highest BCUT2D eigenvalue weighted by Crippen LogP contribution is 2.39. The number of thiazole rings is 1. The van der Waals surface area contributed by atoms with Gasteiger partial charge in [-0.25, -0.2) is 9.78 Å². The molecule has 6 nitrogen and oxygen atoms in total. The summed E-state index contributed by atoms with van der Waals surface area (Å²) in [6.45, 7) is 6.76. The molecule has 5 rings (SSSR count). The van der Waals surface area contributed by atoms with Gasteiger partial charge in [0.05, 0.1) is 16.8 Å². The molecule has 0 aliphatic carbocycles. The second-order valence-electron chi connectivity index (χ2n) is 9.32. The van der Waals surface area contributed by atoms with E-state index in [0.717, 1.165) is 36.6 Å². The summed E-state index contributed by atoms with van der Waals surface area (Å²) in [7, 11) is 0. The standard InChI is InChI=1S/C26H30N4O2S/c1-19(2)30-24(31)26(29(25(30)32)15-12-20-8-4-3-5-9-20)13-16-28(17-14-26)18-23-27-21-10-6-7-11-22(21)33-23/h3-11,19H,12-18H2,1-2H3. The van der Waals surface area contributed by atoms with Crippen molar-refractivity contribution in [3.8, 4) is 0 Å². The third kappa shape index (κ3) is 4.04. The smallest absolute Gasteiger partial charge is 0.309 e. The van der Waals surface area contributed by atoms with Crippen molar-refractivity contribution in [2.45, 2.75) is 51.2 Å². The van der Waals surface area contributed by atoms with Crippen LogP contribution in [-0.4, -0.2) is 62.8 Å². The average Bonchev–Trinajstić information content (AvgIpc) is 3.31. The molecule has 2 aliphatic rings. The average molecular weight is 463 g/mol. The topological polar surface area (TPSA) is 56.8 Å². The van der Waals surface area contributed by atoms with Gasteiger partial charge in [-0.05, 0) is 50.8 Å². The van der Waals surface area contributed by atoms with Gasteiger partial charge in [0.15, 0.2) is 0 Å². The number of carbonyl (C=O) groups is 2. The minimum atomic E-state index is -0.722. The molecule has 1 aromatic heterocycles. The molecule has 2 saturated heterocycles. The molecule has 0 saturated carbocycles. The van der Waals surface area contributed by atoms with Gasteiger partial charge in [-0.15, -0.1) is 11.3 Å². The minimum absolute atomic E-state index is 0.0183. The second-order valence-corrected chi connectivity index (χ2v) is 10.4. The number of nitrogens with zero attached hydrogens (tertiary/aromatic N) is 4. The maximum atomic E-state index is 13.6. The normalized spacial score (nSPS) is 18.9. The number of hydrogen-bond donors (Lipinski definition) is 0. The Bertz CT molecular complexity index is 1120. The fraction of sp³-hybridized carbons (Fsp3) is 0.423. The number of likely N-dealkylation sites (tertiary alicyclic amines) is 1. The zero-order valence-corrected chi connectivity index (χ0v) is 20.1. The molecule has 33 heavy (non-hydrogen) atoms. The summed E-state index contributed by atoms with van der Waals surface area (Å²) in [6, 6.07) is 18.1. The van der Waals surface area contributed by atoms with Crippen molar-refractivity contribution in [2.24, 2.45) is 0 Å². The van der Waals surface area contributed by atoms with E-state index in [2.05, 4.69) is 29.2 Å². The van der Waals surface area contributed by atoms with Crippen LogP contribution in [0.1, 0.15) is 37.3 Å². The first kappa shape index (κ1) is 22.0. The Morgan fingerprint density at radius 3 is 2.39 bits per heavy atom. The summed E-state index contributed by atoms with van der Waals surface area (Å²) in [5, 5.41) is 1.10. The van der Waals surface area contributed by atoms with Crippen LogP contribution in [0.4, 0.5) is 4.79 Å². The summed E-state index contributed by atoms with van der Waals surface area (Å²) in [5.74, 6) is -0.0183. The Morgan fingerprint density at radius 2 is 1.70 bits per heavy atom. The molecule has 3 amide bonds. The molecule has 0 atom stereocenters. The molecular weight excluding hydrogens is 432 g/mol. The summed E-state index contributed by atoms with van der Waals surface area (Å²) in [6.07, 6.45) is 2.09. The van der Waals surface area contributed by atoms with Crippen LogP contribution in [0.2, 0.25) is 0 Å². The van der Waals surface area contributed by atoms with Gasteiger partial charge in [0.2, 0.25) is 0 Å². The Balaban J connectivity index is 1.32. The highest BCUT2D eigenvalue weighted by atomic mass is 32.1. The van der Waals surface area contributed by atoms with E-state index in [-0.39, 0.29) is 18.0 Å². The number of piperidine rings is 1. The van der Waals surface area contributed by atoms with Crippen LogP contribution in [0, 0.1) is 0 Å². The van der Waals surface area contributed by atoms with E-state index >= 15 is 0 Å². The second kappa shape index (κ2) is 8.88. The van der Waals surface area contributed by atoms with Crippen LogP contribution in [0.15, 0.2) is 54.6 Å². The van der Waals surface area contributed by atoms with Crippen molar-refractivity contribution >= 4 is 33.5 Å². The predicted molar refractivity (Wildman–Crippen MR) is 131 cm³/mol. The summed E-state index contributed by atoms with van der Waals surface area (Å²) >= 11 is 1.73. The van der Waals surface area contributed by atoms with Gasteiger partial charge >= 0.3 is 6.03 Å². The van der Waals surface area contributed by atoms with E-state index in [9.17, 15) is 9.59 Å². The van der Waals surface area contributed by atoms with Crippen LogP contribution in [0.5, 0.6) is 0 Å². The molecule has 0 radical (unpaired) electrons. The van der Waals surface area contributed by atoms with E-state index < -0.39 is 5.54 Å². The molecule has 172 valence electrons. The van der Waals surface area contributed by atoms with E-state index in [1.54, 1.807) is 11.3 Å². The zero-order chi connectivity index (χ0) is 23.0. The highest BCUT2D eigenvalue weighted by Gasteiger charge is 2.58. The van der Waals surface area contributed by atoms with Crippen molar-refractivity contribution in [1.82, 2.24) is 19.7 Å². The number of aromatic nitrogens is 1. The van der Waals surface area contributed by atoms with Crippen molar-refractivity contribution in [2.75, 3.05) is 19.6 Å². The Labute approximate surface area is 198 Å². The van der Waals surface area contributed by atoms with Crippen molar-refractivity contribution in [1.29, 1.82) is 0 Å². The summed E-state index contributed by atoms with van der Waals surface area (Å²) in [4.78, 5) is 37.4. The molecule has 2 aliphatic heterocycles. The highest BCUT2D eigenvalue weighted by molar-refractivity contribution is 7.18. The largest absolute Gasteiger partial charge is 0.327 e. The lowest BCUT2D eigenvalue weighted by atomic mass is 9.85. The number of para-hydroxylation sites is 1. The van der Waals surface area contributed by atoms with Gasteiger partial charge in [-0.3, -0.25) is 14.6 Å². The number of benzene rings is 2. The van der Waals surface area contributed by atoms with Crippen LogP contribution >= 0.6 is 11.3 Å². The van der Waals surface area contributed by atoms with Crippen LogP contribution < -0.4 is 0 Å². The van der Waals surface area contributed by atoms with Crippen LogP contribution in [0.25, 0.3) is 10.2 Å². The fourth-order valence-electron chi connectivity index (χ4n) is 5.13. The Kier molecular flexibility index (Phi) is 5.93.